The van der Waals surface area contributed by atoms with Gasteiger partial charge in [-0.05, 0) is 44.0 Å². The first-order valence-corrected chi connectivity index (χ1v) is 7.98. The number of hydrogen-bond acceptors (Lipinski definition) is 6. The average Bonchev–Trinajstić information content (AvgIpc) is 2.82. The number of rotatable bonds is 3. The SMILES string of the molecule is Cc1sc2nc(C)n(/N=C/c3ccc([N+](=O)[O-])cc3)c(=O)c2c1C. The van der Waals surface area contributed by atoms with Crippen molar-refractivity contribution < 1.29 is 4.92 Å². The average molecular weight is 342 g/mol. The lowest BCUT2D eigenvalue weighted by molar-refractivity contribution is -0.384. The quantitative estimate of drug-likeness (QED) is 0.415. The number of aryl methyl sites for hydroxylation is 3. The van der Waals surface area contributed by atoms with Crippen molar-refractivity contribution >= 4 is 33.5 Å². The van der Waals surface area contributed by atoms with E-state index in [-0.39, 0.29) is 11.2 Å². The second-order valence-corrected chi connectivity index (χ2v) is 6.54. The minimum Gasteiger partial charge on any atom is -0.267 e. The van der Waals surface area contributed by atoms with Crippen LogP contribution in [-0.2, 0) is 0 Å². The molecule has 0 radical (unpaired) electrons. The van der Waals surface area contributed by atoms with Gasteiger partial charge in [-0.15, -0.1) is 11.3 Å². The summed E-state index contributed by atoms with van der Waals surface area (Å²) in [5.74, 6) is 0.493. The number of non-ortho nitro benzene ring substituents is 1. The highest BCUT2D eigenvalue weighted by Crippen LogP contribution is 2.26. The molecule has 24 heavy (non-hydrogen) atoms. The fourth-order valence-electron chi connectivity index (χ4n) is 2.33. The van der Waals surface area contributed by atoms with Gasteiger partial charge in [-0.1, -0.05) is 0 Å². The molecule has 0 fully saturated rings. The summed E-state index contributed by atoms with van der Waals surface area (Å²) in [4.78, 5) is 29.1. The van der Waals surface area contributed by atoms with Crippen molar-refractivity contribution in [3.05, 3.63) is 66.6 Å². The van der Waals surface area contributed by atoms with Crippen LogP contribution in [0.15, 0.2) is 34.2 Å². The van der Waals surface area contributed by atoms with Crippen LogP contribution in [0.1, 0.15) is 21.8 Å². The Kier molecular flexibility index (Phi) is 3.98. The van der Waals surface area contributed by atoms with E-state index in [0.29, 0.717) is 21.6 Å². The molecule has 0 aliphatic rings. The normalized spacial score (nSPS) is 11.5. The van der Waals surface area contributed by atoms with E-state index < -0.39 is 4.92 Å². The molecule has 0 aliphatic carbocycles. The van der Waals surface area contributed by atoms with Crippen molar-refractivity contribution in [2.24, 2.45) is 5.10 Å². The number of hydrogen-bond donors (Lipinski definition) is 0. The van der Waals surface area contributed by atoms with E-state index in [1.165, 1.54) is 34.4 Å². The Morgan fingerprint density at radius 3 is 2.54 bits per heavy atom. The molecule has 0 unspecified atom stereocenters. The largest absolute Gasteiger partial charge is 0.283 e. The van der Waals surface area contributed by atoms with Gasteiger partial charge in [0.2, 0.25) is 0 Å². The fraction of sp³-hybridized carbons (Fsp3) is 0.188. The smallest absolute Gasteiger partial charge is 0.267 e. The van der Waals surface area contributed by atoms with Gasteiger partial charge < -0.3 is 0 Å². The molecular weight excluding hydrogens is 328 g/mol. The fourth-order valence-corrected chi connectivity index (χ4v) is 3.39. The van der Waals surface area contributed by atoms with Crippen LogP contribution >= 0.6 is 11.3 Å². The van der Waals surface area contributed by atoms with E-state index in [2.05, 4.69) is 10.1 Å². The predicted molar refractivity (Wildman–Crippen MR) is 94.2 cm³/mol. The highest BCUT2D eigenvalue weighted by Gasteiger charge is 2.14. The molecule has 0 aliphatic heterocycles. The zero-order valence-electron chi connectivity index (χ0n) is 13.3. The molecule has 0 N–H and O–H groups in total. The molecule has 3 aromatic rings. The van der Waals surface area contributed by atoms with Crippen LogP contribution in [0.3, 0.4) is 0 Å². The van der Waals surface area contributed by atoms with Crippen LogP contribution in [-0.4, -0.2) is 20.8 Å². The van der Waals surface area contributed by atoms with Gasteiger partial charge in [0.1, 0.15) is 10.7 Å². The molecule has 0 atom stereocenters. The van der Waals surface area contributed by atoms with Crippen molar-refractivity contribution in [2.45, 2.75) is 20.8 Å². The van der Waals surface area contributed by atoms with Crippen molar-refractivity contribution in [1.29, 1.82) is 0 Å². The summed E-state index contributed by atoms with van der Waals surface area (Å²) in [6.45, 7) is 5.58. The number of benzene rings is 1. The van der Waals surface area contributed by atoms with Crippen LogP contribution in [0.25, 0.3) is 10.2 Å². The summed E-state index contributed by atoms with van der Waals surface area (Å²) < 4.78 is 1.25. The number of fused-ring (bicyclic) bond motifs is 1. The Hall–Kier alpha value is -2.87. The second-order valence-electron chi connectivity index (χ2n) is 5.33. The van der Waals surface area contributed by atoms with Gasteiger partial charge in [-0.25, -0.2) is 4.98 Å². The van der Waals surface area contributed by atoms with E-state index in [0.717, 1.165) is 10.4 Å². The third-order valence-corrected chi connectivity index (χ3v) is 4.87. The van der Waals surface area contributed by atoms with Gasteiger partial charge in [0.25, 0.3) is 11.2 Å². The molecule has 3 rings (SSSR count). The van der Waals surface area contributed by atoms with Gasteiger partial charge in [-0.3, -0.25) is 14.9 Å². The predicted octanol–water partition coefficient (Wildman–Crippen LogP) is 3.17. The molecule has 7 nitrogen and oxygen atoms in total. The third-order valence-electron chi connectivity index (χ3n) is 3.77. The summed E-state index contributed by atoms with van der Waals surface area (Å²) in [5, 5.41) is 15.4. The molecule has 0 saturated heterocycles. The molecule has 2 aromatic heterocycles. The van der Waals surface area contributed by atoms with Crippen molar-refractivity contribution in [2.75, 3.05) is 0 Å². The van der Waals surface area contributed by atoms with Crippen LogP contribution in [0.5, 0.6) is 0 Å². The summed E-state index contributed by atoms with van der Waals surface area (Å²) in [6.07, 6.45) is 1.49. The summed E-state index contributed by atoms with van der Waals surface area (Å²) in [7, 11) is 0. The molecule has 2 heterocycles. The van der Waals surface area contributed by atoms with Crippen molar-refractivity contribution in [1.82, 2.24) is 9.66 Å². The van der Waals surface area contributed by atoms with Gasteiger partial charge in [0.05, 0.1) is 16.5 Å². The van der Waals surface area contributed by atoms with Crippen LogP contribution in [0.2, 0.25) is 0 Å². The Bertz CT molecular complexity index is 1030. The summed E-state index contributed by atoms with van der Waals surface area (Å²) >= 11 is 1.49. The minimum absolute atomic E-state index is 0.00737. The van der Waals surface area contributed by atoms with Crippen LogP contribution in [0, 0.1) is 30.9 Å². The first-order valence-electron chi connectivity index (χ1n) is 7.16. The monoisotopic (exact) mass is 342 g/mol. The standard InChI is InChI=1S/C16H14N4O3S/c1-9-10(2)24-15-14(9)16(21)19(11(3)18-15)17-8-12-4-6-13(7-5-12)20(22)23/h4-8H,1-3H3/b17-8+. The van der Waals surface area contributed by atoms with Gasteiger partial charge in [0.15, 0.2) is 0 Å². The first-order chi connectivity index (χ1) is 11.4. The highest BCUT2D eigenvalue weighted by molar-refractivity contribution is 7.18. The molecule has 122 valence electrons. The highest BCUT2D eigenvalue weighted by atomic mass is 32.1. The minimum atomic E-state index is -0.463. The lowest BCUT2D eigenvalue weighted by Crippen LogP contribution is -2.20. The first kappa shape index (κ1) is 16.0. The Morgan fingerprint density at radius 1 is 1.25 bits per heavy atom. The second kappa shape index (κ2) is 5.97. The molecule has 8 heteroatoms. The van der Waals surface area contributed by atoms with Crippen molar-refractivity contribution in [3.63, 3.8) is 0 Å². The third kappa shape index (κ3) is 2.71. The number of nitro groups is 1. The molecule has 1 aromatic carbocycles. The molecule has 0 amide bonds. The Balaban J connectivity index is 2.05. The maximum Gasteiger partial charge on any atom is 0.283 e. The molecule has 0 bridgehead atoms. The van der Waals surface area contributed by atoms with Gasteiger partial charge in [-0.2, -0.15) is 9.78 Å². The molecule has 0 spiro atoms. The number of thiophene rings is 1. The van der Waals surface area contributed by atoms with Crippen LogP contribution in [0.4, 0.5) is 5.69 Å². The number of nitrogens with zero attached hydrogens (tertiary/aromatic N) is 4. The maximum absolute atomic E-state index is 12.7. The van der Waals surface area contributed by atoms with Crippen molar-refractivity contribution in [3.8, 4) is 0 Å². The van der Waals surface area contributed by atoms with E-state index >= 15 is 0 Å². The topological polar surface area (TPSA) is 90.4 Å². The van der Waals surface area contributed by atoms with Crippen LogP contribution < -0.4 is 5.56 Å². The zero-order chi connectivity index (χ0) is 17.4. The van der Waals surface area contributed by atoms with Gasteiger partial charge in [0, 0.05) is 17.0 Å². The Labute approximate surface area is 141 Å². The van der Waals surface area contributed by atoms with Gasteiger partial charge >= 0.3 is 0 Å². The number of aromatic nitrogens is 2. The van der Waals surface area contributed by atoms with E-state index in [4.69, 9.17) is 0 Å². The van der Waals surface area contributed by atoms with E-state index in [1.54, 1.807) is 19.1 Å². The Morgan fingerprint density at radius 2 is 1.92 bits per heavy atom. The maximum atomic E-state index is 12.7. The summed E-state index contributed by atoms with van der Waals surface area (Å²) in [6, 6.07) is 5.94. The number of nitro benzene ring substituents is 1. The zero-order valence-corrected chi connectivity index (χ0v) is 14.1. The molecule has 0 saturated carbocycles. The molecular formula is C16H14N4O3S. The lowest BCUT2D eigenvalue weighted by atomic mass is 10.2. The summed E-state index contributed by atoms with van der Waals surface area (Å²) in [5.41, 5.74) is 1.38. The van der Waals surface area contributed by atoms with E-state index in [1.807, 2.05) is 13.8 Å². The van der Waals surface area contributed by atoms with E-state index in [9.17, 15) is 14.9 Å². The lowest BCUT2D eigenvalue weighted by Gasteiger charge is -2.03.